The van der Waals surface area contributed by atoms with Crippen LogP contribution in [-0.2, 0) is 17.5 Å². The van der Waals surface area contributed by atoms with Crippen molar-refractivity contribution in [1.29, 1.82) is 5.26 Å². The Balaban J connectivity index is 1.83. The highest BCUT2D eigenvalue weighted by atomic mass is 35.5. The summed E-state index contributed by atoms with van der Waals surface area (Å²) in [5, 5.41) is 12.5. The molecule has 0 radical (unpaired) electrons. The van der Waals surface area contributed by atoms with Gasteiger partial charge in [0.1, 0.15) is 6.54 Å². The Labute approximate surface area is 188 Å². The molecule has 0 saturated heterocycles. The highest BCUT2D eigenvalue weighted by Crippen LogP contribution is 2.36. The Morgan fingerprint density at radius 3 is 2.34 bits per heavy atom. The van der Waals surface area contributed by atoms with Gasteiger partial charge in [0.25, 0.3) is 0 Å². The number of carbonyl (C=O) groups is 1. The Bertz CT molecular complexity index is 1110. The summed E-state index contributed by atoms with van der Waals surface area (Å²) in [5.41, 5.74) is 3.95. The number of nitriles is 1. The molecule has 0 aliphatic heterocycles. The van der Waals surface area contributed by atoms with Crippen molar-refractivity contribution in [2.75, 3.05) is 16.9 Å². The number of rotatable bonds is 7. The van der Waals surface area contributed by atoms with Crippen molar-refractivity contribution in [3.8, 4) is 6.07 Å². The molecule has 0 aliphatic carbocycles. The molecule has 0 bridgehead atoms. The van der Waals surface area contributed by atoms with E-state index in [9.17, 15) is 18.0 Å². The lowest BCUT2D eigenvalue weighted by atomic mass is 10.1. The second-order valence-electron chi connectivity index (χ2n) is 6.81. The smallest absolute Gasteiger partial charge is 0.324 e. The van der Waals surface area contributed by atoms with E-state index < -0.39 is 22.7 Å². The molecular formula is C23H18ClF3N4O. The first-order chi connectivity index (χ1) is 15.3. The summed E-state index contributed by atoms with van der Waals surface area (Å²) in [5.74, 6) is -0.424. The number of carbonyl (C=O) groups excluding carboxylic acids is 1. The fourth-order valence-electron chi connectivity index (χ4n) is 2.89. The van der Waals surface area contributed by atoms with Crippen LogP contribution in [0, 0.1) is 11.3 Å². The minimum Gasteiger partial charge on any atom is -0.324 e. The van der Waals surface area contributed by atoms with E-state index in [1.165, 1.54) is 11.1 Å². The number of nitrogens with zero attached hydrogens (tertiary/aromatic N) is 2. The molecule has 32 heavy (non-hydrogen) atoms. The number of para-hydroxylation sites is 1. The third-order valence-electron chi connectivity index (χ3n) is 4.48. The molecule has 0 atom stereocenters. The topological polar surface area (TPSA) is 68.2 Å². The molecule has 0 saturated carbocycles. The average molecular weight is 459 g/mol. The molecule has 2 N–H and O–H groups in total. The first kappa shape index (κ1) is 23.1. The van der Waals surface area contributed by atoms with Crippen LogP contribution in [0.5, 0.6) is 0 Å². The Hall–Kier alpha value is -3.54. The van der Waals surface area contributed by atoms with Crippen molar-refractivity contribution >= 4 is 28.9 Å². The van der Waals surface area contributed by atoms with Gasteiger partial charge in [-0.05, 0) is 48.0 Å². The molecular weight excluding hydrogens is 441 g/mol. The number of hydrazine groups is 1. The molecule has 0 fully saturated rings. The van der Waals surface area contributed by atoms with E-state index in [-0.39, 0.29) is 18.8 Å². The SMILES string of the molecule is N#Cc1ccc(CNN(CC(=O)Nc2ccccc2)c2ccc(Cl)c(C(F)(F)F)c2)cc1. The fourth-order valence-corrected chi connectivity index (χ4v) is 3.11. The maximum Gasteiger partial charge on any atom is 0.417 e. The van der Waals surface area contributed by atoms with Crippen LogP contribution in [0.4, 0.5) is 24.5 Å². The van der Waals surface area contributed by atoms with Crippen molar-refractivity contribution in [2.24, 2.45) is 0 Å². The molecule has 0 heterocycles. The fraction of sp³-hybridized carbons (Fsp3) is 0.130. The van der Waals surface area contributed by atoms with Gasteiger partial charge in [-0.25, -0.2) is 5.43 Å². The highest BCUT2D eigenvalue weighted by molar-refractivity contribution is 6.31. The van der Waals surface area contributed by atoms with Crippen molar-refractivity contribution < 1.29 is 18.0 Å². The number of anilines is 2. The van der Waals surface area contributed by atoms with Crippen molar-refractivity contribution in [2.45, 2.75) is 12.7 Å². The molecule has 164 valence electrons. The number of amides is 1. The van der Waals surface area contributed by atoms with E-state index in [0.717, 1.165) is 17.7 Å². The van der Waals surface area contributed by atoms with Crippen LogP contribution < -0.4 is 15.8 Å². The standard InChI is InChI=1S/C23H18ClF3N4O/c24-21-11-10-19(12-20(21)23(25,26)27)31(15-22(32)30-18-4-2-1-3-5-18)29-14-17-8-6-16(13-28)7-9-17/h1-12,29H,14-15H2,(H,30,32). The van der Waals surface area contributed by atoms with Crippen LogP contribution in [0.25, 0.3) is 0 Å². The van der Waals surface area contributed by atoms with Gasteiger partial charge in [0.15, 0.2) is 0 Å². The van der Waals surface area contributed by atoms with Gasteiger partial charge in [0, 0.05) is 12.2 Å². The third kappa shape index (κ3) is 6.23. The van der Waals surface area contributed by atoms with Crippen LogP contribution in [-0.4, -0.2) is 12.5 Å². The van der Waals surface area contributed by atoms with Gasteiger partial charge in [-0.2, -0.15) is 18.4 Å². The van der Waals surface area contributed by atoms with E-state index >= 15 is 0 Å². The molecule has 1 amide bonds. The largest absolute Gasteiger partial charge is 0.417 e. The van der Waals surface area contributed by atoms with Crippen LogP contribution >= 0.6 is 11.6 Å². The van der Waals surface area contributed by atoms with Crippen molar-refractivity contribution in [3.05, 3.63) is 94.5 Å². The summed E-state index contributed by atoms with van der Waals surface area (Å²) < 4.78 is 40.0. The lowest BCUT2D eigenvalue weighted by molar-refractivity contribution is -0.137. The number of nitrogens with one attached hydrogen (secondary N) is 2. The number of hydrogen-bond acceptors (Lipinski definition) is 4. The maximum absolute atomic E-state index is 13.3. The maximum atomic E-state index is 13.3. The second kappa shape index (κ2) is 10.2. The molecule has 9 heteroatoms. The Kier molecular flexibility index (Phi) is 7.36. The molecule has 3 aromatic rings. The first-order valence-electron chi connectivity index (χ1n) is 9.48. The van der Waals surface area contributed by atoms with E-state index in [4.69, 9.17) is 16.9 Å². The van der Waals surface area contributed by atoms with Crippen LogP contribution in [0.2, 0.25) is 5.02 Å². The van der Waals surface area contributed by atoms with E-state index in [0.29, 0.717) is 11.3 Å². The summed E-state index contributed by atoms with van der Waals surface area (Å²) in [6.45, 7) is -0.0432. The zero-order valence-electron chi connectivity index (χ0n) is 16.7. The monoisotopic (exact) mass is 458 g/mol. The van der Waals surface area contributed by atoms with Crippen molar-refractivity contribution in [1.82, 2.24) is 5.43 Å². The number of halogens is 4. The zero-order chi connectivity index (χ0) is 23.1. The third-order valence-corrected chi connectivity index (χ3v) is 4.81. The van der Waals surface area contributed by atoms with Gasteiger partial charge in [0.05, 0.1) is 27.9 Å². The van der Waals surface area contributed by atoms with Gasteiger partial charge in [-0.3, -0.25) is 9.80 Å². The minimum absolute atomic E-state index is 0.124. The predicted molar refractivity (Wildman–Crippen MR) is 117 cm³/mol. The Morgan fingerprint density at radius 1 is 1.03 bits per heavy atom. The summed E-state index contributed by atoms with van der Waals surface area (Å²) in [6, 6.07) is 20.9. The lowest BCUT2D eigenvalue weighted by Crippen LogP contribution is -2.43. The van der Waals surface area contributed by atoms with E-state index in [1.54, 1.807) is 54.6 Å². The van der Waals surface area contributed by atoms with Crippen LogP contribution in [0.15, 0.2) is 72.8 Å². The van der Waals surface area contributed by atoms with E-state index in [2.05, 4.69) is 10.7 Å². The molecule has 0 spiro atoms. The van der Waals surface area contributed by atoms with Gasteiger partial charge in [0.2, 0.25) is 5.91 Å². The predicted octanol–water partition coefficient (Wildman–Crippen LogP) is 5.38. The van der Waals surface area contributed by atoms with E-state index in [1.807, 2.05) is 6.07 Å². The quantitative estimate of drug-likeness (QED) is 0.466. The molecule has 0 aromatic heterocycles. The molecule has 3 aromatic carbocycles. The summed E-state index contributed by atoms with van der Waals surface area (Å²) >= 11 is 5.74. The minimum atomic E-state index is -4.64. The molecule has 0 aliphatic rings. The van der Waals surface area contributed by atoms with Crippen LogP contribution in [0.1, 0.15) is 16.7 Å². The van der Waals surface area contributed by atoms with Gasteiger partial charge in [-0.15, -0.1) is 0 Å². The normalized spacial score (nSPS) is 11.0. The summed E-state index contributed by atoms with van der Waals surface area (Å²) in [4.78, 5) is 12.6. The first-order valence-corrected chi connectivity index (χ1v) is 9.86. The van der Waals surface area contributed by atoms with Gasteiger partial charge >= 0.3 is 6.18 Å². The summed E-state index contributed by atoms with van der Waals surface area (Å²) in [6.07, 6.45) is -4.64. The van der Waals surface area contributed by atoms with Gasteiger partial charge in [-0.1, -0.05) is 41.9 Å². The molecule has 3 rings (SSSR count). The zero-order valence-corrected chi connectivity index (χ0v) is 17.4. The second-order valence-corrected chi connectivity index (χ2v) is 7.21. The highest BCUT2D eigenvalue weighted by Gasteiger charge is 2.34. The average Bonchev–Trinajstić information content (AvgIpc) is 2.77. The Morgan fingerprint density at radius 2 is 1.72 bits per heavy atom. The number of hydrogen-bond donors (Lipinski definition) is 2. The number of benzene rings is 3. The van der Waals surface area contributed by atoms with Crippen molar-refractivity contribution in [3.63, 3.8) is 0 Å². The summed E-state index contributed by atoms with van der Waals surface area (Å²) in [7, 11) is 0. The molecule has 0 unspecified atom stereocenters. The van der Waals surface area contributed by atoms with Gasteiger partial charge < -0.3 is 5.32 Å². The molecule has 5 nitrogen and oxygen atoms in total. The van der Waals surface area contributed by atoms with Crippen LogP contribution in [0.3, 0.4) is 0 Å². The number of alkyl halides is 3. The lowest BCUT2D eigenvalue weighted by Gasteiger charge is -2.26.